The van der Waals surface area contributed by atoms with Gasteiger partial charge in [0.15, 0.2) is 0 Å². The van der Waals surface area contributed by atoms with Crippen LogP contribution < -0.4 is 10.1 Å². The fraction of sp³-hybridized carbons (Fsp3) is 0.600. The van der Waals surface area contributed by atoms with Gasteiger partial charge in [-0.3, -0.25) is 0 Å². The molecule has 1 aromatic carbocycles. The van der Waals surface area contributed by atoms with Crippen LogP contribution in [0.25, 0.3) is 0 Å². The first-order valence-corrected chi connectivity index (χ1v) is 6.78. The van der Waals surface area contributed by atoms with Crippen LogP contribution in [0.5, 0.6) is 5.75 Å². The first-order chi connectivity index (χ1) is 8.33. The van der Waals surface area contributed by atoms with Crippen LogP contribution in [-0.2, 0) is 0 Å². The maximum atomic E-state index is 5.70. The summed E-state index contributed by atoms with van der Waals surface area (Å²) >= 11 is 0. The fourth-order valence-corrected chi connectivity index (χ4v) is 2.03. The molecule has 1 N–H and O–H groups in total. The van der Waals surface area contributed by atoms with Gasteiger partial charge < -0.3 is 10.1 Å². The summed E-state index contributed by atoms with van der Waals surface area (Å²) < 4.78 is 5.70. The summed E-state index contributed by atoms with van der Waals surface area (Å²) in [5.41, 5.74) is 1.30. The number of benzene rings is 1. The van der Waals surface area contributed by atoms with Crippen molar-refractivity contribution < 1.29 is 4.74 Å². The SMILES string of the molecule is CCCNC(CCC)c1ccccc1OCC. The van der Waals surface area contributed by atoms with E-state index in [0.29, 0.717) is 6.04 Å². The minimum atomic E-state index is 0.419. The van der Waals surface area contributed by atoms with E-state index in [4.69, 9.17) is 4.74 Å². The third-order valence-electron chi connectivity index (χ3n) is 2.81. The lowest BCUT2D eigenvalue weighted by molar-refractivity contribution is 0.329. The molecule has 1 atom stereocenters. The molecule has 17 heavy (non-hydrogen) atoms. The van der Waals surface area contributed by atoms with E-state index in [2.05, 4.69) is 37.4 Å². The largest absolute Gasteiger partial charge is 0.494 e. The Balaban J connectivity index is 2.83. The summed E-state index contributed by atoms with van der Waals surface area (Å²) in [6.07, 6.45) is 3.50. The van der Waals surface area contributed by atoms with E-state index < -0.39 is 0 Å². The first kappa shape index (κ1) is 14.0. The monoisotopic (exact) mass is 235 g/mol. The molecule has 0 spiro atoms. The van der Waals surface area contributed by atoms with Crippen LogP contribution in [0.15, 0.2) is 24.3 Å². The van der Waals surface area contributed by atoms with Crippen LogP contribution in [0.4, 0.5) is 0 Å². The maximum absolute atomic E-state index is 5.70. The van der Waals surface area contributed by atoms with Crippen LogP contribution in [0, 0.1) is 0 Å². The molecular weight excluding hydrogens is 210 g/mol. The van der Waals surface area contributed by atoms with Gasteiger partial charge in [0.05, 0.1) is 6.61 Å². The summed E-state index contributed by atoms with van der Waals surface area (Å²) in [7, 11) is 0. The molecule has 0 aliphatic heterocycles. The van der Waals surface area contributed by atoms with Gasteiger partial charge in [-0.1, -0.05) is 38.5 Å². The Kier molecular flexibility index (Phi) is 6.71. The molecular formula is C15H25NO. The van der Waals surface area contributed by atoms with E-state index in [1.807, 2.05) is 13.0 Å². The Morgan fingerprint density at radius 3 is 2.53 bits per heavy atom. The van der Waals surface area contributed by atoms with Crippen LogP contribution in [-0.4, -0.2) is 13.2 Å². The Bertz CT molecular complexity index is 312. The van der Waals surface area contributed by atoms with E-state index >= 15 is 0 Å². The molecule has 96 valence electrons. The van der Waals surface area contributed by atoms with Crippen molar-refractivity contribution in [3.05, 3.63) is 29.8 Å². The van der Waals surface area contributed by atoms with Crippen molar-refractivity contribution in [2.75, 3.05) is 13.2 Å². The molecule has 0 aliphatic carbocycles. The predicted octanol–water partition coefficient (Wildman–Crippen LogP) is 3.93. The average molecular weight is 235 g/mol. The maximum Gasteiger partial charge on any atom is 0.124 e. The van der Waals surface area contributed by atoms with Gasteiger partial charge >= 0.3 is 0 Å². The first-order valence-electron chi connectivity index (χ1n) is 6.78. The molecule has 0 aliphatic rings. The minimum absolute atomic E-state index is 0.419. The van der Waals surface area contributed by atoms with E-state index in [-0.39, 0.29) is 0 Å². The van der Waals surface area contributed by atoms with Gasteiger partial charge in [0.25, 0.3) is 0 Å². The zero-order chi connectivity index (χ0) is 12.5. The van der Waals surface area contributed by atoms with Gasteiger partial charge in [-0.2, -0.15) is 0 Å². The predicted molar refractivity (Wildman–Crippen MR) is 73.6 cm³/mol. The summed E-state index contributed by atoms with van der Waals surface area (Å²) in [6, 6.07) is 8.79. The highest BCUT2D eigenvalue weighted by atomic mass is 16.5. The quantitative estimate of drug-likeness (QED) is 0.737. The lowest BCUT2D eigenvalue weighted by Gasteiger charge is -2.21. The molecule has 0 heterocycles. The van der Waals surface area contributed by atoms with Crippen molar-refractivity contribution in [2.45, 2.75) is 46.1 Å². The summed E-state index contributed by atoms with van der Waals surface area (Å²) in [5.74, 6) is 1.03. The van der Waals surface area contributed by atoms with E-state index in [0.717, 1.165) is 31.7 Å². The van der Waals surface area contributed by atoms with Gasteiger partial charge in [-0.25, -0.2) is 0 Å². The molecule has 2 nitrogen and oxygen atoms in total. The Labute approximate surface area is 105 Å². The number of hydrogen-bond acceptors (Lipinski definition) is 2. The molecule has 0 bridgehead atoms. The lowest BCUT2D eigenvalue weighted by Crippen LogP contribution is -2.22. The van der Waals surface area contributed by atoms with Crippen molar-refractivity contribution in [1.82, 2.24) is 5.32 Å². The lowest BCUT2D eigenvalue weighted by atomic mass is 10.0. The second-order valence-electron chi connectivity index (χ2n) is 4.27. The fourth-order valence-electron chi connectivity index (χ4n) is 2.03. The van der Waals surface area contributed by atoms with Gasteiger partial charge in [-0.05, 0) is 32.4 Å². The zero-order valence-electron chi connectivity index (χ0n) is 11.3. The molecule has 0 fully saturated rings. The topological polar surface area (TPSA) is 21.3 Å². The van der Waals surface area contributed by atoms with Crippen LogP contribution >= 0.6 is 0 Å². The standard InChI is InChI=1S/C15H25NO/c1-4-9-14(16-12-5-2)13-10-7-8-11-15(13)17-6-3/h7-8,10-11,14,16H,4-6,9,12H2,1-3H3. The number of nitrogens with one attached hydrogen (secondary N) is 1. The summed E-state index contributed by atoms with van der Waals surface area (Å²) in [5, 5.41) is 3.61. The number of hydrogen-bond donors (Lipinski definition) is 1. The van der Waals surface area contributed by atoms with Gasteiger partial charge in [-0.15, -0.1) is 0 Å². The Hall–Kier alpha value is -1.02. The molecule has 1 aromatic rings. The van der Waals surface area contributed by atoms with Gasteiger partial charge in [0, 0.05) is 11.6 Å². The van der Waals surface area contributed by atoms with E-state index in [1.54, 1.807) is 0 Å². The third kappa shape index (κ3) is 4.39. The number of para-hydroxylation sites is 1. The molecule has 0 saturated heterocycles. The molecule has 1 unspecified atom stereocenters. The number of rotatable bonds is 8. The highest BCUT2D eigenvalue weighted by Crippen LogP contribution is 2.28. The highest BCUT2D eigenvalue weighted by molar-refractivity contribution is 5.35. The Morgan fingerprint density at radius 2 is 1.88 bits per heavy atom. The summed E-state index contributed by atoms with van der Waals surface area (Å²) in [6.45, 7) is 8.24. The van der Waals surface area contributed by atoms with Crippen molar-refractivity contribution >= 4 is 0 Å². The summed E-state index contributed by atoms with van der Waals surface area (Å²) in [4.78, 5) is 0. The van der Waals surface area contributed by atoms with Crippen LogP contribution in [0.2, 0.25) is 0 Å². The van der Waals surface area contributed by atoms with E-state index in [1.165, 1.54) is 12.0 Å². The van der Waals surface area contributed by atoms with Crippen LogP contribution in [0.1, 0.15) is 51.6 Å². The number of ether oxygens (including phenoxy) is 1. The molecule has 0 saturated carbocycles. The molecule has 0 amide bonds. The van der Waals surface area contributed by atoms with Gasteiger partial charge in [0.2, 0.25) is 0 Å². The highest BCUT2D eigenvalue weighted by Gasteiger charge is 2.13. The normalized spacial score (nSPS) is 12.4. The smallest absolute Gasteiger partial charge is 0.124 e. The third-order valence-corrected chi connectivity index (χ3v) is 2.81. The molecule has 0 aromatic heterocycles. The average Bonchev–Trinajstić information content (AvgIpc) is 2.36. The Morgan fingerprint density at radius 1 is 1.12 bits per heavy atom. The van der Waals surface area contributed by atoms with Crippen molar-refractivity contribution in [1.29, 1.82) is 0 Å². The zero-order valence-corrected chi connectivity index (χ0v) is 11.3. The van der Waals surface area contributed by atoms with Gasteiger partial charge in [0.1, 0.15) is 5.75 Å². The van der Waals surface area contributed by atoms with E-state index in [9.17, 15) is 0 Å². The molecule has 2 heteroatoms. The van der Waals surface area contributed by atoms with Crippen molar-refractivity contribution in [3.8, 4) is 5.75 Å². The second kappa shape index (κ2) is 8.13. The molecule has 0 radical (unpaired) electrons. The van der Waals surface area contributed by atoms with Crippen molar-refractivity contribution in [2.24, 2.45) is 0 Å². The van der Waals surface area contributed by atoms with Crippen LogP contribution in [0.3, 0.4) is 0 Å². The second-order valence-corrected chi connectivity index (χ2v) is 4.27. The molecule has 1 rings (SSSR count). The minimum Gasteiger partial charge on any atom is -0.494 e. The van der Waals surface area contributed by atoms with Crippen molar-refractivity contribution in [3.63, 3.8) is 0 Å².